The van der Waals surface area contributed by atoms with E-state index >= 15 is 0 Å². The molecule has 0 aromatic heterocycles. The van der Waals surface area contributed by atoms with Crippen LogP contribution in [-0.2, 0) is 14.8 Å². The Morgan fingerprint density at radius 2 is 1.83 bits per heavy atom. The molecule has 0 fully saturated rings. The number of nitrogens with two attached hydrogens (primary N) is 1. The van der Waals surface area contributed by atoms with Gasteiger partial charge in [-0.1, -0.05) is 6.92 Å². The van der Waals surface area contributed by atoms with Crippen LogP contribution in [0.1, 0.15) is 39.7 Å². The molecule has 0 aliphatic rings. The number of sulfonamides is 1. The van der Waals surface area contributed by atoms with Crippen LogP contribution in [0.15, 0.2) is 24.3 Å². The summed E-state index contributed by atoms with van der Waals surface area (Å²) in [5.74, 6) is -0.415. The van der Waals surface area contributed by atoms with Crippen LogP contribution < -0.4 is 16.4 Å². The van der Waals surface area contributed by atoms with Crippen molar-refractivity contribution in [1.29, 1.82) is 5.41 Å². The minimum atomic E-state index is -3.76. The molecule has 164 valence electrons. The lowest BCUT2D eigenvalue weighted by Gasteiger charge is -2.32. The Balaban J connectivity index is 2.91. The molecule has 6 N–H and O–H groups in total. The number of aliphatic hydroxyl groups excluding tert-OH is 1. The number of benzene rings is 1. The normalized spacial score (nSPS) is 13.9. The van der Waals surface area contributed by atoms with E-state index in [-0.39, 0.29) is 24.8 Å². The molecule has 0 bridgehead atoms. The van der Waals surface area contributed by atoms with Gasteiger partial charge in [0.2, 0.25) is 15.9 Å². The van der Waals surface area contributed by atoms with E-state index in [1.165, 1.54) is 0 Å². The number of likely N-dealkylation sites (N-methyl/N-ethyl adjacent to an activating group) is 1. The summed E-state index contributed by atoms with van der Waals surface area (Å²) in [5.41, 5.74) is 6.70. The molecule has 10 heteroatoms. The van der Waals surface area contributed by atoms with Gasteiger partial charge in [-0.2, -0.15) is 4.31 Å². The monoisotopic (exact) mass is 427 g/mol. The van der Waals surface area contributed by atoms with Crippen molar-refractivity contribution in [2.45, 2.75) is 51.5 Å². The van der Waals surface area contributed by atoms with E-state index < -0.39 is 27.4 Å². The number of anilines is 1. The van der Waals surface area contributed by atoms with Gasteiger partial charge in [-0.15, -0.1) is 0 Å². The first-order valence-electron chi connectivity index (χ1n) is 9.69. The van der Waals surface area contributed by atoms with Gasteiger partial charge in [-0.05, 0) is 51.5 Å². The summed E-state index contributed by atoms with van der Waals surface area (Å²) in [6.45, 7) is 6.89. The van der Waals surface area contributed by atoms with Crippen molar-refractivity contribution in [3.8, 4) is 0 Å². The summed E-state index contributed by atoms with van der Waals surface area (Å²) in [5, 5.41) is 22.8. The number of amidine groups is 1. The predicted molar refractivity (Wildman–Crippen MR) is 115 cm³/mol. The zero-order chi connectivity index (χ0) is 22.2. The maximum atomic E-state index is 12.8. The van der Waals surface area contributed by atoms with Crippen molar-refractivity contribution in [3.63, 3.8) is 0 Å². The SMILES string of the molecule is CCNC(=O)C(CC)N(CC(O)CNc1ccc(C(=N)N)cc1)S(=O)(=O)C(C)C. The fourth-order valence-electron chi connectivity index (χ4n) is 2.77. The highest BCUT2D eigenvalue weighted by atomic mass is 32.2. The number of amides is 1. The van der Waals surface area contributed by atoms with Gasteiger partial charge in [-0.3, -0.25) is 10.2 Å². The molecule has 1 amide bonds. The van der Waals surface area contributed by atoms with Crippen molar-refractivity contribution >= 4 is 27.5 Å². The number of hydrogen-bond acceptors (Lipinski definition) is 6. The van der Waals surface area contributed by atoms with Crippen LogP contribution in [0.2, 0.25) is 0 Å². The minimum Gasteiger partial charge on any atom is -0.390 e. The molecular weight excluding hydrogens is 394 g/mol. The minimum absolute atomic E-state index is 0.0397. The smallest absolute Gasteiger partial charge is 0.238 e. The molecule has 1 aromatic carbocycles. The molecule has 0 heterocycles. The molecule has 2 atom stereocenters. The van der Waals surface area contributed by atoms with Crippen molar-refractivity contribution in [3.05, 3.63) is 29.8 Å². The van der Waals surface area contributed by atoms with Crippen LogP contribution in [0.4, 0.5) is 5.69 Å². The quantitative estimate of drug-likeness (QED) is 0.245. The summed E-state index contributed by atoms with van der Waals surface area (Å²) in [4.78, 5) is 12.4. The van der Waals surface area contributed by atoms with Crippen LogP contribution in [0.25, 0.3) is 0 Å². The Hall–Kier alpha value is -2.17. The maximum absolute atomic E-state index is 12.8. The van der Waals surface area contributed by atoms with Gasteiger partial charge in [0.05, 0.1) is 11.4 Å². The number of rotatable bonds is 12. The van der Waals surface area contributed by atoms with E-state index in [4.69, 9.17) is 11.1 Å². The fraction of sp³-hybridized carbons (Fsp3) is 0.579. The first-order valence-corrected chi connectivity index (χ1v) is 11.2. The third kappa shape index (κ3) is 6.98. The average Bonchev–Trinajstić information content (AvgIpc) is 2.66. The molecule has 0 radical (unpaired) electrons. The van der Waals surface area contributed by atoms with Gasteiger partial charge in [0.1, 0.15) is 11.9 Å². The predicted octanol–water partition coefficient (Wildman–Crippen LogP) is 0.698. The summed E-state index contributed by atoms with van der Waals surface area (Å²) in [6, 6.07) is 5.90. The summed E-state index contributed by atoms with van der Waals surface area (Å²) >= 11 is 0. The van der Waals surface area contributed by atoms with Crippen LogP contribution >= 0.6 is 0 Å². The Morgan fingerprint density at radius 1 is 1.24 bits per heavy atom. The second-order valence-electron chi connectivity index (χ2n) is 7.01. The third-order valence-corrected chi connectivity index (χ3v) is 6.69. The number of carbonyl (C=O) groups is 1. The fourth-order valence-corrected chi connectivity index (χ4v) is 4.29. The first-order chi connectivity index (χ1) is 13.5. The Bertz CT molecular complexity index is 780. The first kappa shape index (κ1) is 24.9. The highest BCUT2D eigenvalue weighted by Gasteiger charge is 2.36. The number of nitrogens with zero attached hydrogens (tertiary/aromatic N) is 1. The zero-order valence-corrected chi connectivity index (χ0v) is 18.3. The molecule has 2 unspecified atom stereocenters. The van der Waals surface area contributed by atoms with Crippen LogP contribution in [0.3, 0.4) is 0 Å². The molecule has 1 rings (SSSR count). The van der Waals surface area contributed by atoms with Gasteiger partial charge in [-0.25, -0.2) is 8.42 Å². The van der Waals surface area contributed by atoms with Gasteiger partial charge < -0.3 is 21.5 Å². The van der Waals surface area contributed by atoms with Gasteiger partial charge in [0.15, 0.2) is 0 Å². The molecule has 0 saturated heterocycles. The largest absolute Gasteiger partial charge is 0.390 e. The van der Waals surface area contributed by atoms with Crippen LogP contribution in [0.5, 0.6) is 0 Å². The molecule has 0 saturated carbocycles. The molecule has 0 spiro atoms. The van der Waals surface area contributed by atoms with E-state index in [2.05, 4.69) is 10.6 Å². The standard InChI is InChI=1S/C19H33N5O4S/c1-5-17(19(26)22-6-2)24(29(27,28)13(3)4)12-16(25)11-23-15-9-7-14(8-10-15)18(20)21/h7-10,13,16-17,23,25H,5-6,11-12H2,1-4H3,(H3,20,21)(H,22,26). The Kier molecular flexibility index (Phi) is 9.54. The van der Waals surface area contributed by atoms with Gasteiger partial charge in [0.25, 0.3) is 0 Å². The zero-order valence-electron chi connectivity index (χ0n) is 17.5. The highest BCUT2D eigenvalue weighted by Crippen LogP contribution is 2.17. The van der Waals surface area contributed by atoms with E-state index in [0.717, 1.165) is 4.31 Å². The van der Waals surface area contributed by atoms with Crippen LogP contribution in [0, 0.1) is 5.41 Å². The van der Waals surface area contributed by atoms with E-state index in [0.29, 0.717) is 24.2 Å². The molecular formula is C19H33N5O4S. The number of nitrogens with one attached hydrogen (secondary N) is 3. The summed E-state index contributed by atoms with van der Waals surface area (Å²) in [7, 11) is -3.76. The molecule has 0 aliphatic carbocycles. The van der Waals surface area contributed by atoms with Gasteiger partial charge >= 0.3 is 0 Å². The molecule has 0 aliphatic heterocycles. The van der Waals surface area contributed by atoms with E-state index in [9.17, 15) is 18.3 Å². The van der Waals surface area contributed by atoms with E-state index in [1.54, 1.807) is 52.0 Å². The highest BCUT2D eigenvalue weighted by molar-refractivity contribution is 7.89. The second kappa shape index (κ2) is 11.1. The molecule has 29 heavy (non-hydrogen) atoms. The Labute approximate surface area is 173 Å². The van der Waals surface area contributed by atoms with Crippen molar-refractivity contribution in [2.75, 3.05) is 25.0 Å². The molecule has 1 aromatic rings. The number of carbonyl (C=O) groups excluding carboxylic acids is 1. The summed E-state index contributed by atoms with van der Waals surface area (Å²) < 4.78 is 26.8. The van der Waals surface area contributed by atoms with Gasteiger partial charge in [0, 0.05) is 30.9 Å². The lowest BCUT2D eigenvalue weighted by atomic mass is 10.2. The number of hydrogen-bond donors (Lipinski definition) is 5. The Morgan fingerprint density at radius 3 is 2.28 bits per heavy atom. The van der Waals surface area contributed by atoms with Crippen molar-refractivity contribution < 1.29 is 18.3 Å². The van der Waals surface area contributed by atoms with Crippen LogP contribution in [-0.4, -0.2) is 66.6 Å². The van der Waals surface area contributed by atoms with Crippen molar-refractivity contribution in [2.24, 2.45) is 5.73 Å². The van der Waals surface area contributed by atoms with Crippen molar-refractivity contribution in [1.82, 2.24) is 9.62 Å². The second-order valence-corrected chi connectivity index (χ2v) is 9.45. The maximum Gasteiger partial charge on any atom is 0.238 e. The lowest BCUT2D eigenvalue weighted by molar-refractivity contribution is -0.125. The third-order valence-electron chi connectivity index (χ3n) is 4.44. The number of nitrogen functional groups attached to an aromatic ring is 1. The average molecular weight is 428 g/mol. The lowest BCUT2D eigenvalue weighted by Crippen LogP contribution is -2.54. The topological polar surface area (TPSA) is 149 Å². The number of aliphatic hydroxyl groups is 1. The summed E-state index contributed by atoms with van der Waals surface area (Å²) in [6.07, 6.45) is -0.732. The van der Waals surface area contributed by atoms with E-state index in [1.807, 2.05) is 0 Å². The molecule has 9 nitrogen and oxygen atoms in total.